The highest BCUT2D eigenvalue weighted by atomic mass is 14.9. The molecule has 0 bridgehead atoms. The van der Waals surface area contributed by atoms with Crippen molar-refractivity contribution in [2.45, 2.75) is 6.85 Å². The molecule has 3 aromatic carbocycles. The molecule has 3 aromatic heterocycles. The molecule has 4 heteroatoms. The minimum atomic E-state index is -2.28. The maximum atomic E-state index is 7.74. The topological polar surface area (TPSA) is 51.6 Å². The largest absolute Gasteiger partial charge is 0.251 e. The Balaban J connectivity index is 1.41. The van der Waals surface area contributed by atoms with Crippen molar-refractivity contribution in [2.24, 2.45) is 0 Å². The number of aromatic nitrogens is 4. The molecule has 156 valence electrons. The van der Waals surface area contributed by atoms with Gasteiger partial charge in [-0.05, 0) is 30.6 Å². The summed E-state index contributed by atoms with van der Waals surface area (Å²) in [6.07, 6.45) is 3.66. The van der Waals surface area contributed by atoms with E-state index in [-0.39, 0.29) is 5.69 Å². The minimum Gasteiger partial charge on any atom is -0.251 e. The van der Waals surface area contributed by atoms with Gasteiger partial charge < -0.3 is 0 Å². The smallest absolute Gasteiger partial charge is 0.159 e. The Morgan fingerprint density at radius 1 is 0.576 bits per heavy atom. The monoisotopic (exact) mass is 427 g/mol. The zero-order chi connectivity index (χ0) is 24.7. The Morgan fingerprint density at radius 3 is 2.03 bits per heavy atom. The zero-order valence-electron chi connectivity index (χ0n) is 20.6. The van der Waals surface area contributed by atoms with E-state index in [9.17, 15) is 0 Å². The molecule has 0 spiro atoms. The third-order valence-corrected chi connectivity index (χ3v) is 5.70. The van der Waals surface area contributed by atoms with E-state index >= 15 is 0 Å². The summed E-state index contributed by atoms with van der Waals surface area (Å²) >= 11 is 0. The van der Waals surface area contributed by atoms with Gasteiger partial charge in [-0.3, -0.25) is 4.98 Å². The maximum absolute atomic E-state index is 7.74. The second-order valence-electron chi connectivity index (χ2n) is 7.84. The summed E-state index contributed by atoms with van der Waals surface area (Å²) in [6.45, 7) is -2.28. The number of rotatable bonds is 3. The first-order valence-corrected chi connectivity index (χ1v) is 10.6. The molecule has 3 heterocycles. The van der Waals surface area contributed by atoms with Crippen LogP contribution >= 0.6 is 0 Å². The number of benzene rings is 3. The highest BCUT2D eigenvalue weighted by Crippen LogP contribution is 2.28. The van der Waals surface area contributed by atoms with Crippen molar-refractivity contribution in [3.8, 4) is 33.8 Å². The lowest BCUT2D eigenvalue weighted by atomic mass is 10.0. The van der Waals surface area contributed by atoms with Crippen molar-refractivity contribution in [1.82, 2.24) is 19.9 Å². The third-order valence-electron chi connectivity index (χ3n) is 5.70. The van der Waals surface area contributed by atoms with E-state index in [1.807, 2.05) is 91.3 Å². The van der Waals surface area contributed by atoms with Crippen molar-refractivity contribution in [1.29, 1.82) is 0 Å². The quantitative estimate of drug-likeness (QED) is 0.289. The van der Waals surface area contributed by atoms with Gasteiger partial charge >= 0.3 is 0 Å². The van der Waals surface area contributed by atoms with Gasteiger partial charge in [0, 0.05) is 49.7 Å². The molecule has 0 N–H and O–H groups in total. The van der Waals surface area contributed by atoms with Crippen molar-refractivity contribution < 1.29 is 4.11 Å². The van der Waals surface area contributed by atoms with E-state index < -0.39 is 6.85 Å². The van der Waals surface area contributed by atoms with Crippen LogP contribution in [0.2, 0.25) is 0 Å². The Labute approximate surface area is 195 Å². The average molecular weight is 428 g/mol. The van der Waals surface area contributed by atoms with Crippen LogP contribution in [-0.4, -0.2) is 19.9 Å². The molecular formula is C29H20N4. The number of hydrogen-bond acceptors (Lipinski definition) is 4. The minimum absolute atomic E-state index is 0.0628. The second-order valence-corrected chi connectivity index (χ2v) is 7.84. The van der Waals surface area contributed by atoms with Gasteiger partial charge in [0.2, 0.25) is 0 Å². The molecule has 4 nitrogen and oxygen atoms in total. The first kappa shape index (κ1) is 16.2. The van der Waals surface area contributed by atoms with Crippen molar-refractivity contribution >= 4 is 21.8 Å². The summed E-state index contributed by atoms with van der Waals surface area (Å²) < 4.78 is 23.2. The van der Waals surface area contributed by atoms with Gasteiger partial charge in [-0.15, -0.1) is 0 Å². The van der Waals surface area contributed by atoms with Crippen LogP contribution in [0.3, 0.4) is 0 Å². The maximum Gasteiger partial charge on any atom is 0.159 e. The first-order valence-electron chi connectivity index (χ1n) is 12.1. The lowest BCUT2D eigenvalue weighted by Gasteiger charge is -2.08. The molecule has 0 saturated heterocycles. The Morgan fingerprint density at radius 2 is 1.24 bits per heavy atom. The second kappa shape index (κ2) is 7.92. The Hall–Kier alpha value is -4.44. The Kier molecular flexibility index (Phi) is 3.89. The number of aryl methyl sites for hydroxylation is 1. The number of nitrogens with zero attached hydrogens (tertiary/aromatic N) is 4. The van der Waals surface area contributed by atoms with Gasteiger partial charge in [0.25, 0.3) is 0 Å². The summed E-state index contributed by atoms with van der Waals surface area (Å²) in [6, 6.07) is 29.2. The normalized spacial score (nSPS) is 12.9. The fourth-order valence-electron chi connectivity index (χ4n) is 4.00. The molecule has 0 fully saturated rings. The highest BCUT2D eigenvalue weighted by molar-refractivity contribution is 6.03. The first-order chi connectivity index (χ1) is 17.5. The van der Waals surface area contributed by atoms with Crippen LogP contribution in [0.15, 0.2) is 103 Å². The van der Waals surface area contributed by atoms with Gasteiger partial charge in [0.1, 0.15) is 0 Å². The number of fused-ring (bicyclic) bond motifs is 3. The van der Waals surface area contributed by atoms with Crippen LogP contribution < -0.4 is 0 Å². The number of pyridine rings is 2. The highest BCUT2D eigenvalue weighted by Gasteiger charge is 2.09. The van der Waals surface area contributed by atoms with E-state index in [1.54, 1.807) is 12.1 Å². The van der Waals surface area contributed by atoms with Gasteiger partial charge in [-0.2, -0.15) is 0 Å². The standard InChI is InChI=1S/C29H20N4/c1-19-10-11-21-12-13-22-14-15-26(33-28(22)27(21)32-19)23-8-5-9-24(16-23)29-30-17-25(18-31-29)20-6-3-2-4-7-20/h2-18H,1H3/i1D3. The average Bonchev–Trinajstić information content (AvgIpc) is 2.92. The van der Waals surface area contributed by atoms with Crippen molar-refractivity contribution in [2.75, 3.05) is 0 Å². The van der Waals surface area contributed by atoms with Crippen LogP contribution in [-0.2, 0) is 0 Å². The molecule has 0 aliphatic heterocycles. The molecule has 0 aliphatic rings. The predicted octanol–water partition coefficient (Wildman–Crippen LogP) is 6.88. The van der Waals surface area contributed by atoms with Crippen LogP contribution in [0, 0.1) is 6.85 Å². The van der Waals surface area contributed by atoms with E-state index in [0.29, 0.717) is 16.9 Å². The molecule has 6 aromatic rings. The molecule has 33 heavy (non-hydrogen) atoms. The van der Waals surface area contributed by atoms with Gasteiger partial charge in [0.15, 0.2) is 5.82 Å². The van der Waals surface area contributed by atoms with Gasteiger partial charge in [0.05, 0.1) is 16.7 Å². The lowest BCUT2D eigenvalue weighted by molar-refractivity contribution is 1.18. The van der Waals surface area contributed by atoms with E-state index in [1.165, 1.54) is 0 Å². The molecular weight excluding hydrogens is 404 g/mol. The van der Waals surface area contributed by atoms with Crippen LogP contribution in [0.1, 0.15) is 9.81 Å². The molecule has 0 aliphatic carbocycles. The van der Waals surface area contributed by atoms with Crippen molar-refractivity contribution in [3.63, 3.8) is 0 Å². The molecule has 0 unspecified atom stereocenters. The van der Waals surface area contributed by atoms with Crippen LogP contribution in [0.5, 0.6) is 0 Å². The van der Waals surface area contributed by atoms with Crippen LogP contribution in [0.25, 0.3) is 55.6 Å². The zero-order valence-corrected chi connectivity index (χ0v) is 17.6. The van der Waals surface area contributed by atoms with Crippen LogP contribution in [0.4, 0.5) is 0 Å². The summed E-state index contributed by atoms with van der Waals surface area (Å²) in [7, 11) is 0. The summed E-state index contributed by atoms with van der Waals surface area (Å²) in [4.78, 5) is 18.5. The number of hydrogen-bond donors (Lipinski definition) is 0. The van der Waals surface area contributed by atoms with Gasteiger partial charge in [-0.1, -0.05) is 72.8 Å². The predicted molar refractivity (Wildman–Crippen MR) is 134 cm³/mol. The summed E-state index contributed by atoms with van der Waals surface area (Å²) in [5.74, 6) is 0.631. The summed E-state index contributed by atoms with van der Waals surface area (Å²) in [5, 5.41) is 1.75. The molecule has 0 atom stereocenters. The van der Waals surface area contributed by atoms with Gasteiger partial charge in [-0.25, -0.2) is 15.0 Å². The van der Waals surface area contributed by atoms with E-state index in [4.69, 9.17) is 9.10 Å². The van der Waals surface area contributed by atoms with Crippen molar-refractivity contribution in [3.05, 3.63) is 109 Å². The molecule has 0 saturated carbocycles. The molecule has 0 amide bonds. The van der Waals surface area contributed by atoms with E-state index in [2.05, 4.69) is 15.0 Å². The van der Waals surface area contributed by atoms with E-state index in [0.717, 1.165) is 38.7 Å². The molecule has 0 radical (unpaired) electrons. The summed E-state index contributed by atoms with van der Waals surface area (Å²) in [5.41, 5.74) is 5.91. The fourth-order valence-corrected chi connectivity index (χ4v) is 4.00. The molecule has 6 rings (SSSR count). The SMILES string of the molecule is [2H]C([2H])([2H])c1ccc2ccc3ccc(-c4cccc(-c5ncc(-c6ccccc6)cn5)c4)nc3c2n1. The Bertz CT molecular complexity index is 1710. The fraction of sp³-hybridized carbons (Fsp3) is 0.0345. The lowest BCUT2D eigenvalue weighted by Crippen LogP contribution is -1.92. The third kappa shape index (κ3) is 3.62.